The minimum Gasteiger partial charge on any atom is -0.379 e. The highest BCUT2D eigenvalue weighted by atomic mass is 19.1. The Kier molecular flexibility index (Phi) is 6.49. The van der Waals surface area contributed by atoms with Crippen LogP contribution in [0.3, 0.4) is 0 Å². The van der Waals surface area contributed by atoms with E-state index in [-0.39, 0.29) is 11.7 Å². The maximum absolute atomic E-state index is 14.3. The van der Waals surface area contributed by atoms with E-state index in [1.54, 1.807) is 22.8 Å². The van der Waals surface area contributed by atoms with Crippen LogP contribution in [0.25, 0.3) is 5.69 Å². The third-order valence-electron chi connectivity index (χ3n) is 5.72. The molecule has 2 heterocycles. The molecule has 0 aliphatic carbocycles. The number of benzene rings is 2. The number of morpholine rings is 1. The molecule has 0 spiro atoms. The van der Waals surface area contributed by atoms with Crippen molar-refractivity contribution in [1.29, 1.82) is 0 Å². The van der Waals surface area contributed by atoms with Gasteiger partial charge in [-0.05, 0) is 43.2 Å². The summed E-state index contributed by atoms with van der Waals surface area (Å²) < 4.78 is 21.5. The fourth-order valence-electron chi connectivity index (χ4n) is 4.13. The van der Waals surface area contributed by atoms with Crippen molar-refractivity contribution in [3.05, 3.63) is 88.5 Å². The van der Waals surface area contributed by atoms with Gasteiger partial charge in [0.2, 0.25) is 0 Å². The molecule has 6 heteroatoms. The van der Waals surface area contributed by atoms with Gasteiger partial charge in [0.1, 0.15) is 5.82 Å². The predicted molar refractivity (Wildman–Crippen MR) is 119 cm³/mol. The van der Waals surface area contributed by atoms with Crippen LogP contribution in [0.15, 0.2) is 54.6 Å². The maximum Gasteiger partial charge on any atom is 0.253 e. The van der Waals surface area contributed by atoms with Crippen LogP contribution in [-0.4, -0.2) is 41.7 Å². The Morgan fingerprint density at radius 2 is 1.77 bits per heavy atom. The van der Waals surface area contributed by atoms with E-state index in [1.807, 2.05) is 32.0 Å². The SMILES string of the molecule is Cc1cc(C(=O)NCc2cccc(CN3CCOCC3)c2)c(C)n1-c1ccccc1F. The highest BCUT2D eigenvalue weighted by Crippen LogP contribution is 2.23. The van der Waals surface area contributed by atoms with E-state index in [0.29, 0.717) is 17.8 Å². The molecule has 1 aromatic heterocycles. The van der Waals surface area contributed by atoms with Crippen molar-refractivity contribution in [3.63, 3.8) is 0 Å². The Morgan fingerprint density at radius 1 is 1.03 bits per heavy atom. The van der Waals surface area contributed by atoms with Gasteiger partial charge in [0.25, 0.3) is 5.91 Å². The number of hydrogen-bond donors (Lipinski definition) is 1. The molecule has 4 rings (SSSR count). The van der Waals surface area contributed by atoms with Crippen LogP contribution in [-0.2, 0) is 17.8 Å². The zero-order valence-electron chi connectivity index (χ0n) is 18.0. The topological polar surface area (TPSA) is 46.5 Å². The number of nitrogens with one attached hydrogen (secondary N) is 1. The van der Waals surface area contributed by atoms with Gasteiger partial charge in [-0.15, -0.1) is 0 Å². The summed E-state index contributed by atoms with van der Waals surface area (Å²) in [6.07, 6.45) is 0. The number of aryl methyl sites for hydroxylation is 1. The van der Waals surface area contributed by atoms with Crippen LogP contribution < -0.4 is 5.32 Å². The first kappa shape index (κ1) is 21.3. The Morgan fingerprint density at radius 3 is 2.55 bits per heavy atom. The largest absolute Gasteiger partial charge is 0.379 e. The Bertz CT molecular complexity index is 1070. The number of amides is 1. The van der Waals surface area contributed by atoms with Crippen molar-refractivity contribution in [3.8, 4) is 5.69 Å². The molecule has 162 valence electrons. The molecule has 1 aliphatic rings. The average Bonchev–Trinajstić information content (AvgIpc) is 3.07. The van der Waals surface area contributed by atoms with Crippen molar-refractivity contribution in [2.45, 2.75) is 26.9 Å². The molecule has 1 N–H and O–H groups in total. The van der Waals surface area contributed by atoms with Gasteiger partial charge in [-0.3, -0.25) is 9.69 Å². The molecule has 5 nitrogen and oxygen atoms in total. The van der Waals surface area contributed by atoms with Gasteiger partial charge in [-0.2, -0.15) is 0 Å². The average molecular weight is 422 g/mol. The van der Waals surface area contributed by atoms with Gasteiger partial charge in [-0.1, -0.05) is 36.4 Å². The Labute approximate surface area is 182 Å². The molecular weight excluding hydrogens is 393 g/mol. The molecule has 1 amide bonds. The number of carbonyl (C=O) groups is 1. The normalized spacial score (nSPS) is 14.5. The van der Waals surface area contributed by atoms with Crippen molar-refractivity contribution in [2.75, 3.05) is 26.3 Å². The van der Waals surface area contributed by atoms with Gasteiger partial charge < -0.3 is 14.6 Å². The number of ether oxygens (including phenoxy) is 1. The number of rotatable bonds is 6. The van der Waals surface area contributed by atoms with Crippen LogP contribution in [0.4, 0.5) is 4.39 Å². The van der Waals surface area contributed by atoms with E-state index in [1.165, 1.54) is 11.6 Å². The molecule has 0 unspecified atom stereocenters. The molecule has 0 saturated carbocycles. The standard InChI is InChI=1S/C25H28FN3O2/c1-18-14-22(19(2)29(18)24-9-4-3-8-23(24)26)25(30)27-16-20-6-5-7-21(15-20)17-28-10-12-31-13-11-28/h3-9,14-15H,10-13,16-17H2,1-2H3,(H,27,30). The second-order valence-corrected chi connectivity index (χ2v) is 7.96. The first-order chi connectivity index (χ1) is 15.0. The summed E-state index contributed by atoms with van der Waals surface area (Å²) in [7, 11) is 0. The van der Waals surface area contributed by atoms with Crippen LogP contribution in [0.2, 0.25) is 0 Å². The summed E-state index contributed by atoms with van der Waals surface area (Å²) in [5, 5.41) is 3.01. The smallest absolute Gasteiger partial charge is 0.253 e. The fourth-order valence-corrected chi connectivity index (χ4v) is 4.13. The Balaban J connectivity index is 1.44. The van der Waals surface area contributed by atoms with E-state index in [2.05, 4.69) is 22.3 Å². The zero-order valence-corrected chi connectivity index (χ0v) is 18.0. The van der Waals surface area contributed by atoms with E-state index in [0.717, 1.165) is 49.8 Å². The number of nitrogens with zero attached hydrogens (tertiary/aromatic N) is 2. The molecule has 0 atom stereocenters. The lowest BCUT2D eigenvalue weighted by Gasteiger charge is -2.26. The second kappa shape index (κ2) is 9.45. The van der Waals surface area contributed by atoms with Crippen LogP contribution in [0, 0.1) is 19.7 Å². The lowest BCUT2D eigenvalue weighted by molar-refractivity contribution is 0.0342. The van der Waals surface area contributed by atoms with Gasteiger partial charge in [-0.25, -0.2) is 4.39 Å². The monoisotopic (exact) mass is 421 g/mol. The minimum atomic E-state index is -0.312. The minimum absolute atomic E-state index is 0.158. The molecule has 1 aliphatic heterocycles. The molecule has 0 radical (unpaired) electrons. The third-order valence-corrected chi connectivity index (χ3v) is 5.72. The molecular formula is C25H28FN3O2. The second-order valence-electron chi connectivity index (χ2n) is 7.96. The van der Waals surface area contributed by atoms with E-state index < -0.39 is 0 Å². The Hall–Kier alpha value is -2.96. The lowest BCUT2D eigenvalue weighted by Crippen LogP contribution is -2.35. The van der Waals surface area contributed by atoms with Crippen molar-refractivity contribution in [1.82, 2.24) is 14.8 Å². The summed E-state index contributed by atoms with van der Waals surface area (Å²) in [5.41, 5.74) is 4.84. The van der Waals surface area contributed by atoms with Gasteiger partial charge in [0.05, 0.1) is 24.5 Å². The van der Waals surface area contributed by atoms with E-state index in [4.69, 9.17) is 4.74 Å². The number of hydrogen-bond acceptors (Lipinski definition) is 3. The van der Waals surface area contributed by atoms with Gasteiger partial charge >= 0.3 is 0 Å². The van der Waals surface area contributed by atoms with E-state index >= 15 is 0 Å². The molecule has 1 saturated heterocycles. The van der Waals surface area contributed by atoms with Gasteiger partial charge in [0, 0.05) is 37.6 Å². The summed E-state index contributed by atoms with van der Waals surface area (Å²) in [6.45, 7) is 8.50. The van der Waals surface area contributed by atoms with Crippen molar-refractivity contribution < 1.29 is 13.9 Å². The first-order valence-electron chi connectivity index (χ1n) is 10.6. The van der Waals surface area contributed by atoms with Crippen LogP contribution >= 0.6 is 0 Å². The number of para-hydroxylation sites is 1. The summed E-state index contributed by atoms with van der Waals surface area (Å²) in [4.78, 5) is 15.3. The van der Waals surface area contributed by atoms with Crippen molar-refractivity contribution in [2.24, 2.45) is 0 Å². The van der Waals surface area contributed by atoms with E-state index in [9.17, 15) is 9.18 Å². The van der Waals surface area contributed by atoms with Crippen LogP contribution in [0.5, 0.6) is 0 Å². The summed E-state index contributed by atoms with van der Waals surface area (Å²) in [5.74, 6) is -0.470. The fraction of sp³-hybridized carbons (Fsp3) is 0.320. The molecule has 1 fully saturated rings. The van der Waals surface area contributed by atoms with Crippen molar-refractivity contribution >= 4 is 5.91 Å². The lowest BCUT2D eigenvalue weighted by atomic mass is 10.1. The predicted octanol–water partition coefficient (Wildman–Crippen LogP) is 4.00. The number of aromatic nitrogens is 1. The summed E-state index contributed by atoms with van der Waals surface area (Å²) >= 11 is 0. The highest BCUT2D eigenvalue weighted by molar-refractivity contribution is 5.95. The third kappa shape index (κ3) is 4.86. The highest BCUT2D eigenvalue weighted by Gasteiger charge is 2.18. The number of halogens is 1. The van der Waals surface area contributed by atoms with Crippen LogP contribution in [0.1, 0.15) is 32.9 Å². The quantitative estimate of drug-likeness (QED) is 0.655. The number of carbonyl (C=O) groups excluding carboxylic acids is 1. The molecule has 31 heavy (non-hydrogen) atoms. The molecule has 3 aromatic rings. The summed E-state index contributed by atoms with van der Waals surface area (Å²) in [6, 6.07) is 16.7. The maximum atomic E-state index is 14.3. The molecule has 2 aromatic carbocycles. The zero-order chi connectivity index (χ0) is 21.8. The first-order valence-corrected chi connectivity index (χ1v) is 10.6. The molecule has 0 bridgehead atoms. The van der Waals surface area contributed by atoms with Gasteiger partial charge in [0.15, 0.2) is 0 Å².